The highest BCUT2D eigenvalue weighted by atomic mass is 16.7. The fourth-order valence-electron chi connectivity index (χ4n) is 4.64. The van der Waals surface area contributed by atoms with Crippen LogP contribution in [0.1, 0.15) is 22.7 Å². The summed E-state index contributed by atoms with van der Waals surface area (Å²) < 4.78 is 22.1. The van der Waals surface area contributed by atoms with E-state index in [4.69, 9.17) is 18.9 Å². The second-order valence-corrected chi connectivity index (χ2v) is 8.48. The van der Waals surface area contributed by atoms with Crippen LogP contribution in [-0.2, 0) is 9.59 Å². The Morgan fingerprint density at radius 3 is 2.40 bits per heavy atom. The number of benzene rings is 3. The molecule has 0 spiro atoms. The van der Waals surface area contributed by atoms with E-state index in [1.54, 1.807) is 36.4 Å². The van der Waals surface area contributed by atoms with E-state index in [9.17, 15) is 14.7 Å². The van der Waals surface area contributed by atoms with Gasteiger partial charge in [0.05, 0.1) is 11.6 Å². The molecule has 1 saturated heterocycles. The van der Waals surface area contributed by atoms with E-state index >= 15 is 0 Å². The lowest BCUT2D eigenvalue weighted by atomic mass is 9.94. The summed E-state index contributed by atoms with van der Waals surface area (Å²) >= 11 is 0. The van der Waals surface area contributed by atoms with Crippen LogP contribution in [0.4, 0.5) is 5.69 Å². The smallest absolute Gasteiger partial charge is 0.300 e. The molecule has 3 aliphatic heterocycles. The fraction of sp³-hybridized carbons (Fsp3) is 0.185. The molecule has 0 bridgehead atoms. The molecule has 1 unspecified atom stereocenters. The van der Waals surface area contributed by atoms with Gasteiger partial charge in [0.15, 0.2) is 23.0 Å². The summed E-state index contributed by atoms with van der Waals surface area (Å²) in [6.07, 6.45) is 0. The van der Waals surface area contributed by atoms with Crippen LogP contribution in [0.25, 0.3) is 5.76 Å². The zero-order chi connectivity index (χ0) is 24.1. The van der Waals surface area contributed by atoms with Crippen molar-refractivity contribution >= 4 is 23.1 Å². The van der Waals surface area contributed by atoms with Crippen molar-refractivity contribution in [3.05, 3.63) is 82.9 Å². The number of aryl methyl sites for hydroxylation is 1. The third-order valence-corrected chi connectivity index (χ3v) is 6.25. The van der Waals surface area contributed by atoms with Gasteiger partial charge in [-0.1, -0.05) is 29.8 Å². The lowest BCUT2D eigenvalue weighted by Gasteiger charge is -2.26. The number of carbonyl (C=O) groups is 2. The number of anilines is 1. The van der Waals surface area contributed by atoms with Crippen LogP contribution in [-0.4, -0.2) is 36.8 Å². The molecular formula is C27H21NO7. The molecule has 6 rings (SSSR count). The number of Topliss-reactive ketones (excluding diaryl/α,β-unsaturated/α-hetero) is 1. The maximum atomic E-state index is 13.4. The third kappa shape index (κ3) is 3.45. The average Bonchev–Trinajstić information content (AvgIpc) is 3.45. The molecule has 8 heteroatoms. The molecule has 3 aromatic carbocycles. The molecule has 176 valence electrons. The fourth-order valence-corrected chi connectivity index (χ4v) is 4.64. The zero-order valence-electron chi connectivity index (χ0n) is 18.8. The molecule has 8 nitrogen and oxygen atoms in total. The van der Waals surface area contributed by atoms with E-state index < -0.39 is 17.7 Å². The van der Waals surface area contributed by atoms with E-state index in [1.165, 1.54) is 4.90 Å². The Bertz CT molecular complexity index is 1410. The molecule has 1 atom stereocenters. The van der Waals surface area contributed by atoms with Gasteiger partial charge in [-0.05, 0) is 42.8 Å². The summed E-state index contributed by atoms with van der Waals surface area (Å²) in [5.74, 6) is 0.278. The van der Waals surface area contributed by atoms with Crippen LogP contribution in [0.15, 0.2) is 66.2 Å². The van der Waals surface area contributed by atoms with Crippen LogP contribution < -0.4 is 23.8 Å². The second kappa shape index (κ2) is 8.09. The van der Waals surface area contributed by atoms with Crippen molar-refractivity contribution in [2.45, 2.75) is 13.0 Å². The van der Waals surface area contributed by atoms with Gasteiger partial charge in [0.2, 0.25) is 6.79 Å². The molecular weight excluding hydrogens is 450 g/mol. The van der Waals surface area contributed by atoms with Crippen LogP contribution >= 0.6 is 0 Å². The Morgan fingerprint density at radius 1 is 0.857 bits per heavy atom. The molecule has 35 heavy (non-hydrogen) atoms. The number of fused-ring (bicyclic) bond motifs is 2. The van der Waals surface area contributed by atoms with Gasteiger partial charge < -0.3 is 24.1 Å². The average molecular weight is 471 g/mol. The minimum Gasteiger partial charge on any atom is -0.507 e. The largest absolute Gasteiger partial charge is 0.507 e. The number of nitrogens with zero attached hydrogens (tertiary/aromatic N) is 1. The minimum absolute atomic E-state index is 0.00468. The monoisotopic (exact) mass is 471 g/mol. The van der Waals surface area contributed by atoms with E-state index in [0.717, 1.165) is 5.56 Å². The van der Waals surface area contributed by atoms with Gasteiger partial charge in [-0.15, -0.1) is 0 Å². The van der Waals surface area contributed by atoms with E-state index in [0.29, 0.717) is 53.0 Å². The first kappa shape index (κ1) is 21.1. The topological polar surface area (TPSA) is 94.5 Å². The molecule has 3 heterocycles. The van der Waals surface area contributed by atoms with Crippen LogP contribution in [0.5, 0.6) is 23.0 Å². The highest BCUT2D eigenvalue weighted by Crippen LogP contribution is 2.45. The molecule has 3 aromatic rings. The molecule has 0 aliphatic carbocycles. The number of hydrogen-bond donors (Lipinski definition) is 1. The number of ketones is 1. The zero-order valence-corrected chi connectivity index (χ0v) is 18.8. The lowest BCUT2D eigenvalue weighted by molar-refractivity contribution is -0.132. The Hall–Kier alpha value is -4.46. The SMILES string of the molecule is Cc1cccc(C2/C(=C(/O)c3ccc4c(c3)OCCO4)C(=O)C(=O)N2c2ccc3c(c2)OCO3)c1. The minimum atomic E-state index is -0.844. The highest BCUT2D eigenvalue weighted by molar-refractivity contribution is 6.51. The number of carbonyl (C=O) groups excluding carboxylic acids is 2. The number of aliphatic hydroxyl groups is 1. The van der Waals surface area contributed by atoms with Gasteiger partial charge in [-0.3, -0.25) is 14.5 Å². The molecule has 0 saturated carbocycles. The first-order valence-electron chi connectivity index (χ1n) is 11.2. The molecule has 1 fully saturated rings. The van der Waals surface area contributed by atoms with Gasteiger partial charge in [0, 0.05) is 17.3 Å². The van der Waals surface area contributed by atoms with Gasteiger partial charge in [0.1, 0.15) is 19.0 Å². The number of rotatable bonds is 3. The summed E-state index contributed by atoms with van der Waals surface area (Å²) in [5.41, 5.74) is 2.47. The predicted octanol–water partition coefficient (Wildman–Crippen LogP) is 4.12. The molecule has 0 aromatic heterocycles. The Morgan fingerprint density at radius 2 is 1.57 bits per heavy atom. The quantitative estimate of drug-likeness (QED) is 0.349. The maximum Gasteiger partial charge on any atom is 0.300 e. The van der Waals surface area contributed by atoms with Gasteiger partial charge in [-0.25, -0.2) is 0 Å². The van der Waals surface area contributed by atoms with Crippen molar-refractivity contribution in [2.75, 3.05) is 24.9 Å². The molecule has 1 amide bonds. The predicted molar refractivity (Wildman–Crippen MR) is 126 cm³/mol. The number of ether oxygens (including phenoxy) is 4. The summed E-state index contributed by atoms with van der Waals surface area (Å²) in [4.78, 5) is 28.1. The highest BCUT2D eigenvalue weighted by Gasteiger charge is 2.47. The maximum absolute atomic E-state index is 13.4. The summed E-state index contributed by atoms with van der Waals surface area (Å²) in [6, 6.07) is 16.7. The van der Waals surface area contributed by atoms with Crippen LogP contribution in [0.2, 0.25) is 0 Å². The Kier molecular flexibility index (Phi) is 4.88. The Balaban J connectivity index is 1.53. The van der Waals surface area contributed by atoms with Crippen molar-refractivity contribution < 1.29 is 33.6 Å². The molecule has 0 radical (unpaired) electrons. The second-order valence-electron chi connectivity index (χ2n) is 8.48. The van der Waals surface area contributed by atoms with E-state index in [-0.39, 0.29) is 18.1 Å². The first-order chi connectivity index (χ1) is 17.0. The van der Waals surface area contributed by atoms with Crippen molar-refractivity contribution in [3.63, 3.8) is 0 Å². The van der Waals surface area contributed by atoms with E-state index in [2.05, 4.69) is 0 Å². The van der Waals surface area contributed by atoms with Crippen molar-refractivity contribution in [1.82, 2.24) is 0 Å². The van der Waals surface area contributed by atoms with Gasteiger partial charge in [-0.2, -0.15) is 0 Å². The van der Waals surface area contributed by atoms with Gasteiger partial charge in [0.25, 0.3) is 11.7 Å². The Labute approximate surface area is 200 Å². The van der Waals surface area contributed by atoms with Crippen molar-refractivity contribution in [2.24, 2.45) is 0 Å². The standard InChI is InChI=1S/C27H21NO7/c1-15-3-2-4-16(11-15)24-23(25(29)17-5-7-19-21(12-17)33-10-9-32-19)26(30)27(31)28(24)18-6-8-20-22(13-18)35-14-34-20/h2-8,11-13,24,29H,9-10,14H2,1H3/b25-23-. The number of amides is 1. The van der Waals surface area contributed by atoms with Gasteiger partial charge >= 0.3 is 0 Å². The third-order valence-electron chi connectivity index (χ3n) is 6.25. The number of aliphatic hydroxyl groups excluding tert-OH is 1. The van der Waals surface area contributed by atoms with Crippen LogP contribution in [0.3, 0.4) is 0 Å². The normalized spacial score (nSPS) is 19.8. The molecule has 3 aliphatic rings. The lowest BCUT2D eigenvalue weighted by Crippen LogP contribution is -2.29. The summed E-state index contributed by atoms with van der Waals surface area (Å²) in [6.45, 7) is 2.83. The van der Waals surface area contributed by atoms with Crippen molar-refractivity contribution in [3.8, 4) is 23.0 Å². The van der Waals surface area contributed by atoms with E-state index in [1.807, 2.05) is 31.2 Å². The number of hydrogen-bond acceptors (Lipinski definition) is 7. The first-order valence-corrected chi connectivity index (χ1v) is 11.2. The van der Waals surface area contributed by atoms with Crippen LogP contribution in [0, 0.1) is 6.92 Å². The summed E-state index contributed by atoms with van der Waals surface area (Å²) in [7, 11) is 0. The molecule has 1 N–H and O–H groups in total. The summed E-state index contributed by atoms with van der Waals surface area (Å²) in [5, 5.41) is 11.4. The van der Waals surface area contributed by atoms with Crippen molar-refractivity contribution in [1.29, 1.82) is 0 Å².